The molecular weight excluding hydrogens is 346 g/mol. The molecule has 5 heteroatoms. The number of aromatic hydroxyl groups is 1. The minimum atomic E-state index is -0.251. The Bertz CT molecular complexity index is 641. The molecule has 4 nitrogen and oxygen atoms in total. The molecule has 0 aromatic heterocycles. The van der Waals surface area contributed by atoms with E-state index in [0.717, 1.165) is 17.3 Å². The second kappa shape index (κ2) is 7.84. The Hall–Kier alpha value is -2.01. The number of halogens is 1. The predicted molar refractivity (Wildman–Crippen MR) is 90.6 cm³/mol. The number of phenolic OH excluding ortho intramolecular Hbond substituents is 1. The topological polar surface area (TPSA) is 58.6 Å². The summed E-state index contributed by atoms with van der Waals surface area (Å²) < 4.78 is 6.50. The first kappa shape index (κ1) is 16.4. The molecule has 0 unspecified atom stereocenters. The molecule has 0 aliphatic rings. The summed E-state index contributed by atoms with van der Waals surface area (Å²) in [6.45, 7) is 2.67. The normalized spacial score (nSPS) is 10.3. The number of phenols is 1. The SMILES string of the molecule is CCCCOc1ccc(Br)cc1C(=O)Nc1ccc(O)cc1. The number of hydrogen-bond donors (Lipinski definition) is 2. The molecule has 2 rings (SSSR count). The number of carbonyl (C=O) groups excluding carboxylic acids is 1. The average Bonchev–Trinajstić information content (AvgIpc) is 2.51. The number of ether oxygens (including phenoxy) is 1. The third-order valence-corrected chi connectivity index (χ3v) is 3.56. The Morgan fingerprint density at radius 3 is 2.64 bits per heavy atom. The van der Waals surface area contributed by atoms with Gasteiger partial charge in [0.15, 0.2) is 0 Å². The summed E-state index contributed by atoms with van der Waals surface area (Å²) >= 11 is 3.37. The zero-order valence-electron chi connectivity index (χ0n) is 12.3. The summed E-state index contributed by atoms with van der Waals surface area (Å²) in [5, 5.41) is 12.1. The van der Waals surface area contributed by atoms with Crippen LogP contribution >= 0.6 is 15.9 Å². The first-order valence-electron chi connectivity index (χ1n) is 7.13. The molecule has 0 fully saturated rings. The molecule has 0 radical (unpaired) electrons. The van der Waals surface area contributed by atoms with Crippen molar-refractivity contribution in [3.8, 4) is 11.5 Å². The lowest BCUT2D eigenvalue weighted by atomic mass is 10.1. The molecule has 0 spiro atoms. The van der Waals surface area contributed by atoms with E-state index < -0.39 is 0 Å². The summed E-state index contributed by atoms with van der Waals surface area (Å²) in [7, 11) is 0. The van der Waals surface area contributed by atoms with Gasteiger partial charge >= 0.3 is 0 Å². The van der Waals surface area contributed by atoms with Crippen LogP contribution in [0, 0.1) is 0 Å². The first-order valence-corrected chi connectivity index (χ1v) is 7.92. The van der Waals surface area contributed by atoms with Crippen LogP contribution in [0.1, 0.15) is 30.1 Å². The van der Waals surface area contributed by atoms with E-state index in [1.807, 2.05) is 6.07 Å². The molecule has 2 aromatic carbocycles. The number of anilines is 1. The minimum Gasteiger partial charge on any atom is -0.508 e. The fourth-order valence-corrected chi connectivity index (χ4v) is 2.24. The highest BCUT2D eigenvalue weighted by atomic mass is 79.9. The van der Waals surface area contributed by atoms with E-state index in [9.17, 15) is 9.90 Å². The van der Waals surface area contributed by atoms with E-state index in [-0.39, 0.29) is 11.7 Å². The Labute approximate surface area is 138 Å². The summed E-state index contributed by atoms with van der Waals surface area (Å²) in [6, 6.07) is 11.7. The van der Waals surface area contributed by atoms with Crippen molar-refractivity contribution in [1.82, 2.24) is 0 Å². The molecule has 0 bridgehead atoms. The summed E-state index contributed by atoms with van der Waals surface area (Å²) in [6.07, 6.45) is 1.97. The molecule has 22 heavy (non-hydrogen) atoms. The number of carbonyl (C=O) groups is 1. The number of amides is 1. The van der Waals surface area contributed by atoms with Gasteiger partial charge in [-0.25, -0.2) is 0 Å². The van der Waals surface area contributed by atoms with Crippen LogP contribution in [0.4, 0.5) is 5.69 Å². The second-order valence-electron chi connectivity index (χ2n) is 4.84. The van der Waals surface area contributed by atoms with Gasteiger partial charge < -0.3 is 15.2 Å². The fraction of sp³-hybridized carbons (Fsp3) is 0.235. The van der Waals surface area contributed by atoms with E-state index in [0.29, 0.717) is 23.6 Å². The molecule has 1 amide bonds. The van der Waals surface area contributed by atoms with Gasteiger partial charge in [0.25, 0.3) is 5.91 Å². The highest BCUT2D eigenvalue weighted by Crippen LogP contribution is 2.25. The third-order valence-electron chi connectivity index (χ3n) is 3.07. The largest absolute Gasteiger partial charge is 0.508 e. The van der Waals surface area contributed by atoms with E-state index >= 15 is 0 Å². The molecule has 0 heterocycles. The number of benzene rings is 2. The van der Waals surface area contributed by atoms with Crippen molar-refractivity contribution in [2.45, 2.75) is 19.8 Å². The highest BCUT2D eigenvalue weighted by molar-refractivity contribution is 9.10. The molecule has 2 N–H and O–H groups in total. The minimum absolute atomic E-state index is 0.157. The average molecular weight is 364 g/mol. The van der Waals surface area contributed by atoms with Crippen molar-refractivity contribution in [1.29, 1.82) is 0 Å². The number of rotatable bonds is 6. The van der Waals surface area contributed by atoms with E-state index in [1.54, 1.807) is 24.3 Å². The van der Waals surface area contributed by atoms with Crippen molar-refractivity contribution in [2.24, 2.45) is 0 Å². The van der Waals surface area contributed by atoms with Gasteiger partial charge in [-0.1, -0.05) is 29.3 Å². The van der Waals surface area contributed by atoms with Crippen molar-refractivity contribution in [3.05, 3.63) is 52.5 Å². The molecule has 0 aliphatic heterocycles. The molecule has 0 saturated carbocycles. The van der Waals surface area contributed by atoms with Gasteiger partial charge in [-0.05, 0) is 48.9 Å². The van der Waals surface area contributed by atoms with Crippen molar-refractivity contribution < 1.29 is 14.6 Å². The maximum Gasteiger partial charge on any atom is 0.259 e. The van der Waals surface area contributed by atoms with Gasteiger partial charge in [-0.3, -0.25) is 4.79 Å². The van der Waals surface area contributed by atoms with Gasteiger partial charge in [0.2, 0.25) is 0 Å². The van der Waals surface area contributed by atoms with Crippen LogP contribution in [0.15, 0.2) is 46.9 Å². The zero-order valence-corrected chi connectivity index (χ0v) is 13.9. The highest BCUT2D eigenvalue weighted by Gasteiger charge is 2.13. The zero-order chi connectivity index (χ0) is 15.9. The smallest absolute Gasteiger partial charge is 0.259 e. The van der Waals surface area contributed by atoms with Crippen molar-refractivity contribution in [3.63, 3.8) is 0 Å². The maximum atomic E-state index is 12.4. The van der Waals surface area contributed by atoms with Crippen LogP contribution in [0.2, 0.25) is 0 Å². The summed E-state index contributed by atoms with van der Waals surface area (Å²) in [5.41, 5.74) is 1.08. The van der Waals surface area contributed by atoms with Gasteiger partial charge in [-0.15, -0.1) is 0 Å². The lowest BCUT2D eigenvalue weighted by Gasteiger charge is -2.12. The molecular formula is C17H18BrNO3. The molecule has 116 valence electrons. The van der Waals surface area contributed by atoms with Gasteiger partial charge in [0.05, 0.1) is 12.2 Å². The monoisotopic (exact) mass is 363 g/mol. The van der Waals surface area contributed by atoms with Crippen LogP contribution in [-0.4, -0.2) is 17.6 Å². The second-order valence-corrected chi connectivity index (χ2v) is 5.76. The predicted octanol–water partition coefficient (Wildman–Crippen LogP) is 4.59. The molecule has 0 aliphatic carbocycles. The number of nitrogens with one attached hydrogen (secondary N) is 1. The Morgan fingerprint density at radius 2 is 1.95 bits per heavy atom. The standard InChI is InChI=1S/C17H18BrNO3/c1-2-3-10-22-16-9-4-12(18)11-15(16)17(21)19-13-5-7-14(20)8-6-13/h4-9,11,20H,2-3,10H2,1H3,(H,19,21). The number of unbranched alkanes of at least 4 members (excludes halogenated alkanes) is 1. The number of hydrogen-bond acceptors (Lipinski definition) is 3. The van der Waals surface area contributed by atoms with Gasteiger partial charge in [0.1, 0.15) is 11.5 Å². The quantitative estimate of drug-likeness (QED) is 0.582. The Morgan fingerprint density at radius 1 is 1.23 bits per heavy atom. The molecule has 0 saturated heterocycles. The fourth-order valence-electron chi connectivity index (χ4n) is 1.88. The lowest BCUT2D eigenvalue weighted by Crippen LogP contribution is -2.14. The summed E-state index contributed by atoms with van der Waals surface area (Å²) in [4.78, 5) is 12.4. The third kappa shape index (κ3) is 4.49. The van der Waals surface area contributed by atoms with Crippen LogP contribution in [-0.2, 0) is 0 Å². The Kier molecular flexibility index (Phi) is 5.83. The molecule has 2 aromatic rings. The van der Waals surface area contributed by atoms with Crippen molar-refractivity contribution in [2.75, 3.05) is 11.9 Å². The van der Waals surface area contributed by atoms with Crippen LogP contribution in [0.3, 0.4) is 0 Å². The summed E-state index contributed by atoms with van der Waals surface area (Å²) in [5.74, 6) is 0.468. The van der Waals surface area contributed by atoms with Gasteiger partial charge in [0, 0.05) is 10.2 Å². The Balaban J connectivity index is 2.16. The first-order chi connectivity index (χ1) is 10.6. The van der Waals surface area contributed by atoms with Crippen LogP contribution in [0.5, 0.6) is 11.5 Å². The lowest BCUT2D eigenvalue weighted by molar-refractivity contribution is 0.102. The van der Waals surface area contributed by atoms with Gasteiger partial charge in [-0.2, -0.15) is 0 Å². The van der Waals surface area contributed by atoms with Crippen molar-refractivity contribution >= 4 is 27.5 Å². The van der Waals surface area contributed by atoms with E-state index in [2.05, 4.69) is 28.2 Å². The van der Waals surface area contributed by atoms with Crippen LogP contribution < -0.4 is 10.1 Å². The van der Waals surface area contributed by atoms with E-state index in [4.69, 9.17) is 4.74 Å². The maximum absolute atomic E-state index is 12.4. The van der Waals surface area contributed by atoms with Crippen LogP contribution in [0.25, 0.3) is 0 Å². The van der Waals surface area contributed by atoms with E-state index in [1.165, 1.54) is 12.1 Å². The molecule has 0 atom stereocenters.